The summed E-state index contributed by atoms with van der Waals surface area (Å²) in [7, 11) is 1.68. The Balaban J connectivity index is 2.24. The van der Waals surface area contributed by atoms with Gasteiger partial charge in [0.1, 0.15) is 11.2 Å². The van der Waals surface area contributed by atoms with E-state index in [1.807, 2.05) is 0 Å². The van der Waals surface area contributed by atoms with Gasteiger partial charge in [0.15, 0.2) is 0 Å². The van der Waals surface area contributed by atoms with Crippen LogP contribution in [0.1, 0.15) is 19.8 Å². The number of anilines is 1. The van der Waals surface area contributed by atoms with Crippen LogP contribution in [-0.4, -0.2) is 30.3 Å². The van der Waals surface area contributed by atoms with Gasteiger partial charge in [0.05, 0.1) is 5.69 Å². The van der Waals surface area contributed by atoms with Crippen LogP contribution in [0.3, 0.4) is 0 Å². The lowest BCUT2D eigenvalue weighted by molar-refractivity contribution is -0.142. The zero-order chi connectivity index (χ0) is 14.0. The molecule has 1 aliphatic heterocycles. The summed E-state index contributed by atoms with van der Waals surface area (Å²) in [6.07, 6.45) is 0.885. The largest absolute Gasteiger partial charge is 0.345 e. The first-order valence-corrected chi connectivity index (χ1v) is 6.33. The van der Waals surface area contributed by atoms with Crippen molar-refractivity contribution in [1.82, 2.24) is 4.90 Å². The van der Waals surface area contributed by atoms with Crippen molar-refractivity contribution in [2.45, 2.75) is 19.8 Å². The molecular formula is C14H17FN2O2. The standard InChI is InChI=1S/C14H17FN2O2/c1-3-14(8-9-17(2)13(14)19)12(18)16-11-7-5-4-6-10(11)15/h4-7H,3,8-9H2,1-2H3,(H,16,18). The molecule has 1 unspecified atom stereocenters. The molecule has 1 N–H and O–H groups in total. The van der Waals surface area contributed by atoms with Crippen molar-refractivity contribution in [3.8, 4) is 0 Å². The van der Waals surface area contributed by atoms with Gasteiger partial charge in [-0.15, -0.1) is 0 Å². The van der Waals surface area contributed by atoms with E-state index in [0.29, 0.717) is 19.4 Å². The maximum absolute atomic E-state index is 13.5. The summed E-state index contributed by atoms with van der Waals surface area (Å²) in [4.78, 5) is 26.0. The number of rotatable bonds is 3. The molecule has 1 aromatic carbocycles. The molecule has 0 aliphatic carbocycles. The summed E-state index contributed by atoms with van der Waals surface area (Å²) in [6.45, 7) is 2.36. The summed E-state index contributed by atoms with van der Waals surface area (Å²) >= 11 is 0. The highest BCUT2D eigenvalue weighted by molar-refractivity contribution is 6.11. The second-order valence-electron chi connectivity index (χ2n) is 4.85. The first kappa shape index (κ1) is 13.5. The second kappa shape index (κ2) is 4.99. The van der Waals surface area contributed by atoms with Crippen molar-refractivity contribution in [3.63, 3.8) is 0 Å². The van der Waals surface area contributed by atoms with Crippen molar-refractivity contribution in [3.05, 3.63) is 30.1 Å². The van der Waals surface area contributed by atoms with E-state index in [-0.39, 0.29) is 11.6 Å². The highest BCUT2D eigenvalue weighted by Gasteiger charge is 2.50. The Labute approximate surface area is 111 Å². The first-order valence-electron chi connectivity index (χ1n) is 6.33. The van der Waals surface area contributed by atoms with Crippen LogP contribution in [0.15, 0.2) is 24.3 Å². The average Bonchev–Trinajstić information content (AvgIpc) is 2.70. The zero-order valence-electron chi connectivity index (χ0n) is 11.1. The van der Waals surface area contributed by atoms with Crippen LogP contribution in [0.25, 0.3) is 0 Å². The van der Waals surface area contributed by atoms with Gasteiger partial charge in [-0.05, 0) is 25.0 Å². The molecule has 0 radical (unpaired) electrons. The van der Waals surface area contributed by atoms with Crippen LogP contribution in [0.2, 0.25) is 0 Å². The SMILES string of the molecule is CCC1(C(=O)Nc2ccccc2F)CCN(C)C1=O. The van der Waals surface area contributed by atoms with Gasteiger partial charge < -0.3 is 10.2 Å². The van der Waals surface area contributed by atoms with Gasteiger partial charge in [0, 0.05) is 13.6 Å². The lowest BCUT2D eigenvalue weighted by Gasteiger charge is -2.24. The third-order valence-corrected chi connectivity index (χ3v) is 3.79. The highest BCUT2D eigenvalue weighted by Crippen LogP contribution is 2.36. The number of para-hydroxylation sites is 1. The number of hydrogen-bond donors (Lipinski definition) is 1. The molecule has 5 heteroatoms. The number of halogens is 1. The fraction of sp³-hybridized carbons (Fsp3) is 0.429. The Morgan fingerprint density at radius 3 is 2.68 bits per heavy atom. The molecule has 4 nitrogen and oxygen atoms in total. The van der Waals surface area contributed by atoms with Gasteiger partial charge in [-0.25, -0.2) is 4.39 Å². The Hall–Kier alpha value is -1.91. The Morgan fingerprint density at radius 1 is 1.47 bits per heavy atom. The Bertz CT molecular complexity index is 518. The first-order chi connectivity index (χ1) is 9.01. The second-order valence-corrected chi connectivity index (χ2v) is 4.85. The third-order valence-electron chi connectivity index (χ3n) is 3.79. The molecule has 2 amide bonds. The number of amides is 2. The van der Waals surface area contributed by atoms with Crippen LogP contribution >= 0.6 is 0 Å². The van der Waals surface area contributed by atoms with Crippen molar-refractivity contribution in [2.75, 3.05) is 18.9 Å². The van der Waals surface area contributed by atoms with Gasteiger partial charge in [0.2, 0.25) is 11.8 Å². The monoisotopic (exact) mass is 264 g/mol. The zero-order valence-corrected chi connectivity index (χ0v) is 11.1. The van der Waals surface area contributed by atoms with Crippen molar-refractivity contribution in [2.24, 2.45) is 5.41 Å². The number of likely N-dealkylation sites (tertiary alicyclic amines) is 1. The van der Waals surface area contributed by atoms with E-state index in [0.717, 1.165) is 0 Å². The average molecular weight is 264 g/mol. The van der Waals surface area contributed by atoms with E-state index in [4.69, 9.17) is 0 Å². The lowest BCUT2D eigenvalue weighted by atomic mass is 9.82. The molecule has 1 heterocycles. The quantitative estimate of drug-likeness (QED) is 0.849. The van der Waals surface area contributed by atoms with Crippen molar-refractivity contribution < 1.29 is 14.0 Å². The van der Waals surface area contributed by atoms with E-state index < -0.39 is 17.1 Å². The molecule has 19 heavy (non-hydrogen) atoms. The molecule has 1 fully saturated rings. The fourth-order valence-electron chi connectivity index (χ4n) is 2.44. The van der Waals surface area contributed by atoms with Crippen LogP contribution < -0.4 is 5.32 Å². The van der Waals surface area contributed by atoms with Crippen LogP contribution in [0.5, 0.6) is 0 Å². The highest BCUT2D eigenvalue weighted by atomic mass is 19.1. The number of nitrogens with zero attached hydrogens (tertiary/aromatic N) is 1. The normalized spacial score (nSPS) is 22.7. The van der Waals surface area contributed by atoms with E-state index in [1.54, 1.807) is 31.0 Å². The lowest BCUT2D eigenvalue weighted by Crippen LogP contribution is -2.42. The minimum absolute atomic E-state index is 0.114. The van der Waals surface area contributed by atoms with Crippen LogP contribution in [-0.2, 0) is 9.59 Å². The molecule has 0 saturated carbocycles. The molecule has 2 rings (SSSR count). The number of benzene rings is 1. The van der Waals surface area contributed by atoms with E-state index >= 15 is 0 Å². The summed E-state index contributed by atoms with van der Waals surface area (Å²) in [5, 5.41) is 2.53. The van der Waals surface area contributed by atoms with Gasteiger partial charge >= 0.3 is 0 Å². The Morgan fingerprint density at radius 2 is 2.16 bits per heavy atom. The van der Waals surface area contributed by atoms with Crippen molar-refractivity contribution in [1.29, 1.82) is 0 Å². The fourth-order valence-corrected chi connectivity index (χ4v) is 2.44. The molecule has 1 saturated heterocycles. The number of nitrogens with one attached hydrogen (secondary N) is 1. The Kier molecular flexibility index (Phi) is 3.55. The predicted octanol–water partition coefficient (Wildman–Crippen LogP) is 2.02. The van der Waals surface area contributed by atoms with Gasteiger partial charge in [0.25, 0.3) is 0 Å². The maximum Gasteiger partial charge on any atom is 0.240 e. The minimum atomic E-state index is -1.06. The molecule has 1 aliphatic rings. The molecule has 0 bridgehead atoms. The molecule has 0 spiro atoms. The molecule has 102 valence electrons. The van der Waals surface area contributed by atoms with Crippen LogP contribution in [0.4, 0.5) is 10.1 Å². The molecule has 1 atom stereocenters. The van der Waals surface area contributed by atoms with Crippen molar-refractivity contribution >= 4 is 17.5 Å². The summed E-state index contributed by atoms with van der Waals surface area (Å²) in [5.74, 6) is -1.11. The van der Waals surface area contributed by atoms with E-state index in [2.05, 4.69) is 5.32 Å². The maximum atomic E-state index is 13.5. The van der Waals surface area contributed by atoms with Gasteiger partial charge in [-0.2, -0.15) is 0 Å². The predicted molar refractivity (Wildman–Crippen MR) is 70.0 cm³/mol. The third kappa shape index (κ3) is 2.20. The summed E-state index contributed by atoms with van der Waals surface area (Å²) in [5.41, 5.74) is -0.945. The minimum Gasteiger partial charge on any atom is -0.345 e. The number of carbonyl (C=O) groups excluding carboxylic acids is 2. The number of hydrogen-bond acceptors (Lipinski definition) is 2. The van der Waals surface area contributed by atoms with Gasteiger partial charge in [-0.1, -0.05) is 19.1 Å². The topological polar surface area (TPSA) is 49.4 Å². The summed E-state index contributed by atoms with van der Waals surface area (Å²) in [6, 6.07) is 5.95. The number of carbonyl (C=O) groups is 2. The molecule has 0 aromatic heterocycles. The molecular weight excluding hydrogens is 247 g/mol. The smallest absolute Gasteiger partial charge is 0.240 e. The van der Waals surface area contributed by atoms with E-state index in [1.165, 1.54) is 12.1 Å². The van der Waals surface area contributed by atoms with Gasteiger partial charge in [-0.3, -0.25) is 9.59 Å². The van der Waals surface area contributed by atoms with Crippen LogP contribution in [0, 0.1) is 11.2 Å². The molecule has 1 aromatic rings. The summed E-state index contributed by atoms with van der Waals surface area (Å²) < 4.78 is 13.5. The van der Waals surface area contributed by atoms with E-state index in [9.17, 15) is 14.0 Å².